The average molecular weight is 368 g/mol. The van der Waals surface area contributed by atoms with Crippen LogP contribution in [0.3, 0.4) is 0 Å². The Bertz CT molecular complexity index is 714. The topological polar surface area (TPSA) is 71.0 Å². The van der Waals surface area contributed by atoms with Crippen LogP contribution in [0, 0.1) is 0 Å². The van der Waals surface area contributed by atoms with E-state index in [0.717, 1.165) is 23.7 Å². The number of para-hydroxylation sites is 1. The molecule has 1 heterocycles. The number of benzene rings is 1. The molecule has 0 radical (unpaired) electrons. The summed E-state index contributed by atoms with van der Waals surface area (Å²) in [4.78, 5) is 6.34. The van der Waals surface area contributed by atoms with Crippen LogP contribution < -0.4 is 10.1 Å². The summed E-state index contributed by atoms with van der Waals surface area (Å²) in [5.74, 6) is 1.82. The van der Waals surface area contributed by atoms with Crippen LogP contribution >= 0.6 is 0 Å². The molecule has 6 nitrogen and oxygen atoms in total. The van der Waals surface area contributed by atoms with Crippen molar-refractivity contribution < 1.29 is 13.2 Å². The Morgan fingerprint density at radius 3 is 2.72 bits per heavy atom. The predicted molar refractivity (Wildman–Crippen MR) is 102 cm³/mol. The third-order valence-electron chi connectivity index (χ3n) is 4.50. The lowest BCUT2D eigenvalue weighted by molar-refractivity contribution is 0.336. The number of sulfone groups is 1. The monoisotopic (exact) mass is 367 g/mol. The zero-order chi connectivity index (χ0) is 18.5. The van der Waals surface area contributed by atoms with Crippen molar-refractivity contribution in [2.45, 2.75) is 31.9 Å². The summed E-state index contributed by atoms with van der Waals surface area (Å²) < 4.78 is 29.2. The Morgan fingerprint density at radius 1 is 1.36 bits per heavy atom. The molecule has 0 spiro atoms. The van der Waals surface area contributed by atoms with Gasteiger partial charge in [0.1, 0.15) is 5.75 Å². The fraction of sp³-hybridized carbons (Fsp3) is 0.611. The van der Waals surface area contributed by atoms with Crippen molar-refractivity contribution in [3.63, 3.8) is 0 Å². The van der Waals surface area contributed by atoms with Crippen molar-refractivity contribution in [1.29, 1.82) is 0 Å². The second kappa shape index (κ2) is 8.08. The van der Waals surface area contributed by atoms with Crippen LogP contribution in [0.2, 0.25) is 0 Å². The Kier molecular flexibility index (Phi) is 6.32. The van der Waals surface area contributed by atoms with E-state index in [0.29, 0.717) is 26.2 Å². The quantitative estimate of drug-likeness (QED) is 0.634. The van der Waals surface area contributed by atoms with Crippen molar-refractivity contribution in [2.75, 3.05) is 39.0 Å². The molecule has 0 saturated carbocycles. The first-order chi connectivity index (χ1) is 11.8. The van der Waals surface area contributed by atoms with E-state index in [1.165, 1.54) is 0 Å². The van der Waals surface area contributed by atoms with Gasteiger partial charge in [-0.05, 0) is 38.8 Å². The zero-order valence-electron chi connectivity index (χ0n) is 15.6. The van der Waals surface area contributed by atoms with Crippen LogP contribution in [0.4, 0.5) is 0 Å². The Hall–Kier alpha value is -1.76. The molecular weight excluding hydrogens is 338 g/mol. The van der Waals surface area contributed by atoms with Crippen LogP contribution in [0.15, 0.2) is 29.3 Å². The van der Waals surface area contributed by atoms with Crippen molar-refractivity contribution in [3.8, 4) is 5.75 Å². The lowest BCUT2D eigenvalue weighted by atomic mass is 10.1. The summed E-state index contributed by atoms with van der Waals surface area (Å²) in [6.07, 6.45) is 0.810. The second-order valence-corrected chi connectivity index (χ2v) is 9.51. The molecule has 2 rings (SSSR count). The molecule has 1 fully saturated rings. The fourth-order valence-corrected chi connectivity index (χ4v) is 4.34. The first-order valence-corrected chi connectivity index (χ1v) is 10.3. The molecule has 0 atom stereocenters. The first kappa shape index (κ1) is 19.6. The minimum atomic E-state index is -3.05. The summed E-state index contributed by atoms with van der Waals surface area (Å²) in [5.41, 5.74) is 1.15. The Balaban J connectivity index is 1.96. The normalized spacial score (nSPS) is 19.5. The Morgan fingerprint density at radius 2 is 2.08 bits per heavy atom. The van der Waals surface area contributed by atoms with Gasteiger partial charge in [0, 0.05) is 26.7 Å². The van der Waals surface area contributed by atoms with E-state index in [2.05, 4.69) is 16.4 Å². The zero-order valence-corrected chi connectivity index (χ0v) is 16.4. The molecule has 140 valence electrons. The molecule has 7 heteroatoms. The molecule has 1 aromatic rings. The number of hydrogen-bond donors (Lipinski definition) is 1. The molecule has 1 aliphatic rings. The molecule has 25 heavy (non-hydrogen) atoms. The first-order valence-electron chi connectivity index (χ1n) is 8.69. The molecule has 0 aromatic heterocycles. The van der Waals surface area contributed by atoms with Crippen molar-refractivity contribution in [3.05, 3.63) is 29.8 Å². The minimum Gasteiger partial charge on any atom is -0.494 e. The number of ether oxygens (including phenoxy) is 1. The van der Waals surface area contributed by atoms with E-state index in [9.17, 15) is 8.42 Å². The molecule has 1 N–H and O–H groups in total. The molecule has 0 aliphatic carbocycles. The van der Waals surface area contributed by atoms with Crippen LogP contribution in [-0.2, 0) is 16.3 Å². The van der Waals surface area contributed by atoms with Gasteiger partial charge in [0.2, 0.25) is 0 Å². The minimum absolute atomic E-state index is 0.161. The van der Waals surface area contributed by atoms with Crippen LogP contribution in [-0.4, -0.2) is 63.1 Å². The molecule has 0 unspecified atom stereocenters. The van der Waals surface area contributed by atoms with E-state index in [-0.39, 0.29) is 5.75 Å². The fourth-order valence-electron chi connectivity index (χ4n) is 2.97. The van der Waals surface area contributed by atoms with E-state index in [1.807, 2.05) is 30.0 Å². The molecule has 1 aliphatic heterocycles. The standard InChI is InChI=1S/C18H29N3O3S/c1-5-24-16-9-7-6-8-15(16)10-11-20-17(19-4)21-12-13-25(22,23)18(2,3)14-21/h6-9H,5,10-14H2,1-4H3,(H,19,20). The number of nitrogens with zero attached hydrogens (tertiary/aromatic N) is 2. The molecule has 1 aromatic carbocycles. The van der Waals surface area contributed by atoms with Crippen LogP contribution in [0.1, 0.15) is 26.3 Å². The summed E-state index contributed by atoms with van der Waals surface area (Å²) in [7, 11) is -1.32. The van der Waals surface area contributed by atoms with Gasteiger partial charge >= 0.3 is 0 Å². The third-order valence-corrected chi connectivity index (χ3v) is 7.04. The van der Waals surface area contributed by atoms with Crippen molar-refractivity contribution in [1.82, 2.24) is 10.2 Å². The number of rotatable bonds is 5. The van der Waals surface area contributed by atoms with Gasteiger partial charge in [0.15, 0.2) is 15.8 Å². The molecular formula is C18H29N3O3S. The van der Waals surface area contributed by atoms with Gasteiger partial charge in [0.25, 0.3) is 0 Å². The summed E-state index contributed by atoms with van der Waals surface area (Å²) in [6, 6.07) is 8.01. The summed E-state index contributed by atoms with van der Waals surface area (Å²) in [6.45, 7) is 7.80. The van der Waals surface area contributed by atoms with Crippen LogP contribution in [0.5, 0.6) is 5.75 Å². The van der Waals surface area contributed by atoms with E-state index < -0.39 is 14.6 Å². The smallest absolute Gasteiger partial charge is 0.193 e. The molecule has 0 bridgehead atoms. The predicted octanol–water partition coefficient (Wildman–Crippen LogP) is 1.71. The van der Waals surface area contributed by atoms with E-state index in [4.69, 9.17) is 4.74 Å². The largest absolute Gasteiger partial charge is 0.494 e. The third kappa shape index (κ3) is 4.66. The van der Waals surface area contributed by atoms with E-state index >= 15 is 0 Å². The SMILES string of the molecule is CCOc1ccccc1CCNC(=NC)N1CCS(=O)(=O)C(C)(C)C1. The van der Waals surface area contributed by atoms with Gasteiger partial charge in [-0.1, -0.05) is 18.2 Å². The van der Waals surface area contributed by atoms with Gasteiger partial charge in [-0.15, -0.1) is 0 Å². The number of nitrogens with one attached hydrogen (secondary N) is 1. The van der Waals surface area contributed by atoms with Gasteiger partial charge in [-0.25, -0.2) is 8.42 Å². The highest BCUT2D eigenvalue weighted by molar-refractivity contribution is 7.92. The van der Waals surface area contributed by atoms with Gasteiger partial charge in [-0.2, -0.15) is 0 Å². The number of aliphatic imine (C=N–C) groups is 1. The number of guanidine groups is 1. The maximum Gasteiger partial charge on any atom is 0.193 e. The van der Waals surface area contributed by atoms with Gasteiger partial charge < -0.3 is 15.0 Å². The second-order valence-electron chi connectivity index (χ2n) is 6.76. The average Bonchev–Trinajstić information content (AvgIpc) is 2.56. The maximum atomic E-state index is 12.2. The molecule has 1 saturated heterocycles. The Labute approximate surface area is 151 Å². The van der Waals surface area contributed by atoms with Gasteiger partial charge in [0.05, 0.1) is 17.1 Å². The summed E-state index contributed by atoms with van der Waals surface area (Å²) in [5, 5.41) is 3.35. The highest BCUT2D eigenvalue weighted by Crippen LogP contribution is 2.23. The van der Waals surface area contributed by atoms with Gasteiger partial charge in [-0.3, -0.25) is 4.99 Å². The number of hydrogen-bond acceptors (Lipinski definition) is 4. The molecule has 0 amide bonds. The lowest BCUT2D eigenvalue weighted by Crippen LogP contribution is -2.57. The highest BCUT2D eigenvalue weighted by atomic mass is 32.2. The summed E-state index contributed by atoms with van der Waals surface area (Å²) >= 11 is 0. The van der Waals surface area contributed by atoms with Crippen molar-refractivity contribution in [2.24, 2.45) is 4.99 Å². The lowest BCUT2D eigenvalue weighted by Gasteiger charge is -2.39. The van der Waals surface area contributed by atoms with E-state index in [1.54, 1.807) is 20.9 Å². The maximum absolute atomic E-state index is 12.2. The highest BCUT2D eigenvalue weighted by Gasteiger charge is 2.40. The van der Waals surface area contributed by atoms with Crippen LogP contribution in [0.25, 0.3) is 0 Å². The van der Waals surface area contributed by atoms with Crippen molar-refractivity contribution >= 4 is 15.8 Å².